The first-order valence-electron chi connectivity index (χ1n) is 9.70. The molecule has 0 spiro atoms. The van der Waals surface area contributed by atoms with E-state index in [-0.39, 0.29) is 42.8 Å². The lowest BCUT2D eigenvalue weighted by Gasteiger charge is -2.38. The molecule has 2 aromatic rings. The van der Waals surface area contributed by atoms with Crippen molar-refractivity contribution in [1.82, 2.24) is 9.21 Å². The Kier molecular flexibility index (Phi) is 6.10. The van der Waals surface area contributed by atoms with Crippen molar-refractivity contribution < 1.29 is 22.4 Å². The summed E-state index contributed by atoms with van der Waals surface area (Å²) in [7, 11) is -3.72. The predicted octanol–water partition coefficient (Wildman–Crippen LogP) is 2.84. The fraction of sp³-hybridized carbons (Fsp3) is 0.364. The molecule has 2 aromatic carbocycles. The Morgan fingerprint density at radius 1 is 0.933 bits per heavy atom. The van der Waals surface area contributed by atoms with Crippen LogP contribution in [0.2, 0.25) is 0 Å². The lowest BCUT2D eigenvalue weighted by molar-refractivity contribution is -0.137. The number of sulfonamides is 1. The molecule has 30 heavy (non-hydrogen) atoms. The molecule has 160 valence electrons. The maximum atomic E-state index is 14.2. The summed E-state index contributed by atoms with van der Waals surface area (Å²) in [6.07, 6.45) is 0. The molecular weight excluding hydrogens is 407 g/mol. The highest BCUT2D eigenvalue weighted by molar-refractivity contribution is 7.89. The van der Waals surface area contributed by atoms with Crippen LogP contribution in [0.15, 0.2) is 53.4 Å². The zero-order valence-electron chi connectivity index (χ0n) is 17.3. The Morgan fingerprint density at radius 2 is 1.50 bits per heavy atom. The van der Waals surface area contributed by atoms with Gasteiger partial charge >= 0.3 is 0 Å². The molecule has 0 aromatic heterocycles. The van der Waals surface area contributed by atoms with Crippen LogP contribution in [0.3, 0.4) is 0 Å². The summed E-state index contributed by atoms with van der Waals surface area (Å²) in [5.41, 5.74) is -0.301. The summed E-state index contributed by atoms with van der Waals surface area (Å²) in [6.45, 7) is 5.51. The van der Waals surface area contributed by atoms with Gasteiger partial charge in [-0.2, -0.15) is 4.31 Å². The number of carbonyl (C=O) groups is 2. The Morgan fingerprint density at radius 3 is 2.03 bits per heavy atom. The molecule has 0 bridgehead atoms. The Labute approximate surface area is 176 Å². The van der Waals surface area contributed by atoms with Crippen LogP contribution in [0.5, 0.6) is 0 Å². The first kappa shape index (κ1) is 22.1. The van der Waals surface area contributed by atoms with Crippen LogP contribution < -0.4 is 0 Å². The van der Waals surface area contributed by atoms with Crippen LogP contribution in [0.25, 0.3) is 0 Å². The zero-order chi connectivity index (χ0) is 22.1. The Hall–Kier alpha value is -2.58. The zero-order valence-corrected chi connectivity index (χ0v) is 18.1. The third kappa shape index (κ3) is 4.15. The number of ketones is 1. The summed E-state index contributed by atoms with van der Waals surface area (Å²) in [5, 5.41) is 0. The Balaban J connectivity index is 1.71. The highest BCUT2D eigenvalue weighted by atomic mass is 32.2. The highest BCUT2D eigenvalue weighted by Gasteiger charge is 2.38. The van der Waals surface area contributed by atoms with Gasteiger partial charge in [-0.15, -0.1) is 0 Å². The molecule has 0 aliphatic carbocycles. The number of rotatable bonds is 5. The van der Waals surface area contributed by atoms with Crippen LogP contribution in [0.4, 0.5) is 4.39 Å². The van der Waals surface area contributed by atoms with Gasteiger partial charge in [0.25, 0.3) is 0 Å². The molecule has 0 saturated carbocycles. The van der Waals surface area contributed by atoms with Crippen molar-refractivity contribution in [2.45, 2.75) is 31.1 Å². The van der Waals surface area contributed by atoms with E-state index in [1.807, 2.05) is 0 Å². The van der Waals surface area contributed by atoms with Crippen molar-refractivity contribution >= 4 is 21.7 Å². The first-order chi connectivity index (χ1) is 14.0. The number of benzene rings is 2. The number of hydrogen-bond acceptors (Lipinski definition) is 4. The van der Waals surface area contributed by atoms with E-state index in [0.717, 1.165) is 0 Å². The number of amides is 1. The normalized spacial score (nSPS) is 15.8. The highest BCUT2D eigenvalue weighted by Crippen LogP contribution is 2.29. The molecule has 1 aliphatic heterocycles. The molecule has 0 N–H and O–H groups in total. The molecule has 1 fully saturated rings. The number of halogens is 1. The van der Waals surface area contributed by atoms with E-state index in [2.05, 4.69) is 0 Å². The van der Waals surface area contributed by atoms with Crippen LogP contribution in [0.1, 0.15) is 36.7 Å². The van der Waals surface area contributed by atoms with Crippen LogP contribution >= 0.6 is 0 Å². The van der Waals surface area contributed by atoms with E-state index in [1.165, 1.54) is 41.6 Å². The van der Waals surface area contributed by atoms with Crippen molar-refractivity contribution in [1.29, 1.82) is 0 Å². The number of piperazine rings is 1. The van der Waals surface area contributed by atoms with Crippen molar-refractivity contribution in [2.75, 3.05) is 26.2 Å². The molecular formula is C22H25FN2O4S. The maximum Gasteiger partial charge on any atom is 0.243 e. The molecule has 0 radical (unpaired) electrons. The first-order valence-corrected chi connectivity index (χ1v) is 11.1. The average molecular weight is 433 g/mol. The smallest absolute Gasteiger partial charge is 0.243 e. The van der Waals surface area contributed by atoms with E-state index in [4.69, 9.17) is 0 Å². The van der Waals surface area contributed by atoms with Crippen LogP contribution in [-0.2, 0) is 20.2 Å². The van der Waals surface area contributed by atoms with Gasteiger partial charge in [0.1, 0.15) is 5.82 Å². The minimum absolute atomic E-state index is 0.110. The predicted molar refractivity (Wildman–Crippen MR) is 111 cm³/mol. The van der Waals surface area contributed by atoms with E-state index < -0.39 is 21.3 Å². The molecule has 0 unspecified atom stereocenters. The van der Waals surface area contributed by atoms with E-state index in [9.17, 15) is 22.4 Å². The maximum absolute atomic E-state index is 14.2. The third-order valence-electron chi connectivity index (χ3n) is 5.51. The number of carbonyl (C=O) groups excluding carboxylic acids is 2. The SMILES string of the molecule is CC(=O)c1ccc(S(=O)(=O)N2CCN(C(=O)C(C)(C)c3ccccc3F)CC2)cc1. The molecule has 3 rings (SSSR count). The fourth-order valence-electron chi connectivity index (χ4n) is 3.62. The third-order valence-corrected chi connectivity index (χ3v) is 7.42. The van der Waals surface area contributed by atoms with Gasteiger partial charge in [0.2, 0.25) is 15.9 Å². The molecule has 1 saturated heterocycles. The second-order valence-corrected chi connectivity index (χ2v) is 9.82. The van der Waals surface area contributed by atoms with Gasteiger partial charge in [-0.25, -0.2) is 12.8 Å². The Bertz CT molecular complexity index is 1060. The average Bonchev–Trinajstić information content (AvgIpc) is 2.73. The molecule has 8 heteroatoms. The van der Waals surface area contributed by atoms with E-state index in [0.29, 0.717) is 11.1 Å². The largest absolute Gasteiger partial charge is 0.339 e. The number of hydrogen-bond donors (Lipinski definition) is 0. The second-order valence-electron chi connectivity index (χ2n) is 7.88. The lowest BCUT2D eigenvalue weighted by Crippen LogP contribution is -2.54. The summed E-state index contributed by atoms with van der Waals surface area (Å²) in [5.74, 6) is -0.815. The van der Waals surface area contributed by atoms with Crippen molar-refractivity contribution in [2.24, 2.45) is 0 Å². The summed E-state index contributed by atoms with van der Waals surface area (Å²) in [6, 6.07) is 12.0. The van der Waals surface area contributed by atoms with Gasteiger partial charge in [0, 0.05) is 37.3 Å². The molecule has 1 heterocycles. The van der Waals surface area contributed by atoms with Gasteiger partial charge in [0.15, 0.2) is 5.78 Å². The minimum atomic E-state index is -3.72. The van der Waals surface area contributed by atoms with Crippen LogP contribution in [-0.4, -0.2) is 55.5 Å². The summed E-state index contributed by atoms with van der Waals surface area (Å²) in [4.78, 5) is 26.1. The molecule has 1 aliphatic rings. The van der Waals surface area contributed by atoms with Gasteiger partial charge in [0.05, 0.1) is 10.3 Å². The minimum Gasteiger partial charge on any atom is -0.339 e. The topological polar surface area (TPSA) is 74.8 Å². The second kappa shape index (κ2) is 8.28. The fourth-order valence-corrected chi connectivity index (χ4v) is 5.04. The molecule has 1 amide bonds. The van der Waals surface area contributed by atoms with Crippen molar-refractivity contribution in [3.05, 3.63) is 65.5 Å². The monoisotopic (exact) mass is 432 g/mol. The number of nitrogens with zero attached hydrogens (tertiary/aromatic N) is 2. The summed E-state index contributed by atoms with van der Waals surface area (Å²) < 4.78 is 41.3. The standard InChI is InChI=1S/C22H25FN2O4S/c1-16(26)17-8-10-18(11-9-17)30(28,29)25-14-12-24(13-15-25)21(27)22(2,3)19-6-4-5-7-20(19)23/h4-11H,12-15H2,1-3H3. The van der Waals surface area contributed by atoms with Crippen molar-refractivity contribution in [3.63, 3.8) is 0 Å². The quantitative estimate of drug-likeness (QED) is 0.681. The van der Waals surface area contributed by atoms with Gasteiger partial charge < -0.3 is 4.90 Å². The van der Waals surface area contributed by atoms with Gasteiger partial charge in [-0.1, -0.05) is 30.3 Å². The number of Topliss-reactive ketones (excluding diaryl/α,β-unsaturated/α-hetero) is 1. The molecule has 0 atom stereocenters. The van der Waals surface area contributed by atoms with Gasteiger partial charge in [-0.3, -0.25) is 9.59 Å². The summed E-state index contributed by atoms with van der Waals surface area (Å²) >= 11 is 0. The van der Waals surface area contributed by atoms with E-state index >= 15 is 0 Å². The van der Waals surface area contributed by atoms with E-state index in [1.54, 1.807) is 36.9 Å². The lowest BCUT2D eigenvalue weighted by atomic mass is 9.82. The van der Waals surface area contributed by atoms with Crippen LogP contribution in [0, 0.1) is 5.82 Å². The molecule has 6 nitrogen and oxygen atoms in total. The van der Waals surface area contributed by atoms with Crippen molar-refractivity contribution in [3.8, 4) is 0 Å². The van der Waals surface area contributed by atoms with Gasteiger partial charge in [-0.05, 0) is 39.0 Å².